The summed E-state index contributed by atoms with van der Waals surface area (Å²) in [5, 5.41) is 0. The number of rotatable bonds is 5. The molecule has 0 radical (unpaired) electrons. The molecule has 0 aliphatic heterocycles. The second kappa shape index (κ2) is 5.62. The molecule has 0 aliphatic rings. The Hall–Kier alpha value is -1.40. The van der Waals surface area contributed by atoms with Gasteiger partial charge in [0.15, 0.2) is 0 Å². The molecule has 0 saturated carbocycles. The summed E-state index contributed by atoms with van der Waals surface area (Å²) in [5.74, 6) is -0.595. The van der Waals surface area contributed by atoms with Crippen molar-refractivity contribution in [1.82, 2.24) is 4.89 Å². The minimum Gasteiger partial charge on any atom is -0.356 e. The van der Waals surface area contributed by atoms with E-state index in [9.17, 15) is 13.2 Å². The van der Waals surface area contributed by atoms with Crippen LogP contribution >= 0.6 is 0 Å². The average Bonchev–Trinajstić information content (AvgIpc) is 2.28. The molecule has 16 heavy (non-hydrogen) atoms. The largest absolute Gasteiger partial charge is 0.356 e. The molecule has 0 unspecified atom stereocenters. The third kappa shape index (κ3) is 3.63. The van der Waals surface area contributed by atoms with E-state index in [1.54, 1.807) is 30.0 Å². The molecule has 1 aromatic carbocycles. The summed E-state index contributed by atoms with van der Waals surface area (Å²) in [4.78, 5) is 17.2. The Morgan fingerprint density at radius 1 is 1.31 bits per heavy atom. The number of benzene rings is 1. The van der Waals surface area contributed by atoms with Crippen molar-refractivity contribution in [2.24, 2.45) is 0 Å². The van der Waals surface area contributed by atoms with Gasteiger partial charge in [-0.05, 0) is 23.4 Å². The van der Waals surface area contributed by atoms with Gasteiger partial charge in [0, 0.05) is 6.42 Å². The minimum atomic E-state index is -3.77. The summed E-state index contributed by atoms with van der Waals surface area (Å²) >= 11 is 0. The summed E-state index contributed by atoms with van der Waals surface area (Å²) in [5.41, 5.74) is 0. The van der Waals surface area contributed by atoms with Gasteiger partial charge in [-0.1, -0.05) is 25.1 Å². The normalized spacial score (nSPS) is 11.1. The van der Waals surface area contributed by atoms with E-state index in [0.29, 0.717) is 6.42 Å². The summed E-state index contributed by atoms with van der Waals surface area (Å²) in [6.07, 6.45) is 0.781. The number of hydrogen-bond acceptors (Lipinski definition) is 4. The first-order chi connectivity index (χ1) is 7.56. The highest BCUT2D eigenvalue weighted by Gasteiger charge is 2.15. The van der Waals surface area contributed by atoms with Crippen LogP contribution in [0.2, 0.25) is 0 Å². The molecule has 1 N–H and O–H groups in total. The van der Waals surface area contributed by atoms with Gasteiger partial charge in [0.05, 0.1) is 4.90 Å². The van der Waals surface area contributed by atoms with Crippen molar-refractivity contribution in [3.05, 3.63) is 30.3 Å². The third-order valence-electron chi connectivity index (χ3n) is 1.77. The van der Waals surface area contributed by atoms with Crippen molar-refractivity contribution >= 4 is 16.0 Å². The Labute approximate surface area is 94.4 Å². The molecular weight excluding hydrogens is 230 g/mol. The van der Waals surface area contributed by atoms with E-state index in [2.05, 4.69) is 4.84 Å². The molecule has 0 amide bonds. The molecule has 88 valence electrons. The predicted molar refractivity (Wildman–Crippen MR) is 57.8 cm³/mol. The zero-order valence-corrected chi connectivity index (χ0v) is 9.66. The number of carbonyl (C=O) groups is 1. The monoisotopic (exact) mass is 243 g/mol. The Kier molecular flexibility index (Phi) is 4.45. The van der Waals surface area contributed by atoms with Crippen LogP contribution in [0.25, 0.3) is 0 Å². The Morgan fingerprint density at radius 3 is 2.50 bits per heavy atom. The highest BCUT2D eigenvalue weighted by atomic mass is 32.2. The first-order valence-electron chi connectivity index (χ1n) is 4.83. The highest BCUT2D eigenvalue weighted by Crippen LogP contribution is 2.06. The van der Waals surface area contributed by atoms with Crippen molar-refractivity contribution in [1.29, 1.82) is 0 Å². The lowest BCUT2D eigenvalue weighted by molar-refractivity contribution is -0.147. The molecule has 0 spiro atoms. The van der Waals surface area contributed by atoms with Gasteiger partial charge in [0.2, 0.25) is 0 Å². The first kappa shape index (κ1) is 12.7. The van der Waals surface area contributed by atoms with Crippen LogP contribution in [0.5, 0.6) is 0 Å². The van der Waals surface area contributed by atoms with Gasteiger partial charge in [-0.25, -0.2) is 8.42 Å². The standard InChI is InChI=1S/C10H13NO4S/c1-2-6-10(12)15-11-16(13,14)9-7-4-3-5-8-9/h3-5,7-8,11H,2,6H2,1H3. The van der Waals surface area contributed by atoms with Crippen LogP contribution in [0, 0.1) is 0 Å². The van der Waals surface area contributed by atoms with Gasteiger partial charge < -0.3 is 4.84 Å². The zero-order valence-electron chi connectivity index (χ0n) is 8.84. The molecule has 0 fully saturated rings. The van der Waals surface area contributed by atoms with Gasteiger partial charge in [0.1, 0.15) is 0 Å². The van der Waals surface area contributed by atoms with Gasteiger partial charge in [0.25, 0.3) is 10.0 Å². The maximum absolute atomic E-state index is 11.6. The number of carbonyl (C=O) groups excluding carboxylic acids is 1. The second-order valence-electron chi connectivity index (χ2n) is 3.12. The Morgan fingerprint density at radius 2 is 1.94 bits per heavy atom. The fraction of sp³-hybridized carbons (Fsp3) is 0.300. The van der Waals surface area contributed by atoms with Gasteiger partial charge in [-0.2, -0.15) is 0 Å². The van der Waals surface area contributed by atoms with E-state index in [1.807, 2.05) is 0 Å². The van der Waals surface area contributed by atoms with E-state index in [-0.39, 0.29) is 11.3 Å². The summed E-state index contributed by atoms with van der Waals surface area (Å²) in [6, 6.07) is 7.69. The second-order valence-corrected chi connectivity index (χ2v) is 4.77. The van der Waals surface area contributed by atoms with E-state index in [0.717, 1.165) is 0 Å². The van der Waals surface area contributed by atoms with E-state index in [4.69, 9.17) is 0 Å². The molecule has 0 aliphatic carbocycles. The summed E-state index contributed by atoms with van der Waals surface area (Å²) in [6.45, 7) is 1.80. The van der Waals surface area contributed by atoms with Crippen molar-refractivity contribution in [2.75, 3.05) is 0 Å². The minimum absolute atomic E-state index is 0.0549. The smallest absolute Gasteiger partial charge is 0.326 e. The lowest BCUT2D eigenvalue weighted by atomic mass is 10.3. The van der Waals surface area contributed by atoms with Gasteiger partial charge >= 0.3 is 5.97 Å². The van der Waals surface area contributed by atoms with E-state index < -0.39 is 16.0 Å². The molecule has 1 rings (SSSR count). The summed E-state index contributed by atoms with van der Waals surface area (Å²) in [7, 11) is -3.77. The maximum Gasteiger partial charge on any atom is 0.326 e. The molecule has 0 aromatic heterocycles. The molecule has 1 aromatic rings. The molecular formula is C10H13NO4S. The van der Waals surface area contributed by atoms with Crippen LogP contribution in [0.4, 0.5) is 0 Å². The van der Waals surface area contributed by atoms with Crippen molar-refractivity contribution in [2.45, 2.75) is 24.7 Å². The van der Waals surface area contributed by atoms with Gasteiger partial charge in [-0.15, -0.1) is 0 Å². The highest BCUT2D eigenvalue weighted by molar-refractivity contribution is 7.89. The summed E-state index contributed by atoms with van der Waals surface area (Å²) < 4.78 is 23.1. The molecule has 0 atom stereocenters. The third-order valence-corrected chi connectivity index (χ3v) is 2.97. The molecule has 0 saturated heterocycles. The Balaban J connectivity index is 2.64. The topological polar surface area (TPSA) is 72.5 Å². The van der Waals surface area contributed by atoms with Crippen molar-refractivity contribution in [3.63, 3.8) is 0 Å². The van der Waals surface area contributed by atoms with E-state index >= 15 is 0 Å². The molecule has 6 heteroatoms. The molecule has 0 bridgehead atoms. The maximum atomic E-state index is 11.6. The molecule has 5 nitrogen and oxygen atoms in total. The number of sulfonamides is 1. The van der Waals surface area contributed by atoms with Gasteiger partial charge in [-0.3, -0.25) is 4.79 Å². The van der Waals surface area contributed by atoms with Crippen molar-refractivity contribution < 1.29 is 18.0 Å². The number of hydrogen-bond donors (Lipinski definition) is 1. The van der Waals surface area contributed by atoms with Crippen LogP contribution in [-0.2, 0) is 19.7 Å². The lowest BCUT2D eigenvalue weighted by Gasteiger charge is -2.05. The molecule has 0 heterocycles. The van der Waals surface area contributed by atoms with Crippen LogP contribution in [0.15, 0.2) is 35.2 Å². The van der Waals surface area contributed by atoms with Crippen LogP contribution < -0.4 is 4.89 Å². The van der Waals surface area contributed by atoms with Crippen LogP contribution in [0.3, 0.4) is 0 Å². The van der Waals surface area contributed by atoms with Crippen LogP contribution in [-0.4, -0.2) is 14.4 Å². The Bertz CT molecular complexity index is 441. The quantitative estimate of drug-likeness (QED) is 0.789. The van der Waals surface area contributed by atoms with Crippen molar-refractivity contribution in [3.8, 4) is 0 Å². The van der Waals surface area contributed by atoms with E-state index in [1.165, 1.54) is 12.1 Å². The SMILES string of the molecule is CCCC(=O)ONS(=O)(=O)c1ccccc1. The average molecular weight is 243 g/mol. The number of nitrogens with one attached hydrogen (secondary N) is 1. The fourth-order valence-corrected chi connectivity index (χ4v) is 1.82. The fourth-order valence-electron chi connectivity index (χ4n) is 1.00. The lowest BCUT2D eigenvalue weighted by Crippen LogP contribution is -2.27. The predicted octanol–water partition coefficient (Wildman–Crippen LogP) is 1.22. The van der Waals surface area contributed by atoms with Crippen LogP contribution in [0.1, 0.15) is 19.8 Å². The first-order valence-corrected chi connectivity index (χ1v) is 6.31. The zero-order chi connectivity index (χ0) is 12.0.